The van der Waals surface area contributed by atoms with Gasteiger partial charge >= 0.3 is 18.7 Å². The molecule has 0 N–H and O–H groups in total. The number of hydrogen-bond acceptors (Lipinski definition) is 4. The van der Waals surface area contributed by atoms with Gasteiger partial charge in [-0.1, -0.05) is 30.7 Å². The molecule has 0 spiro atoms. The SMILES string of the molecule is C[N+]1=CN=N[C]1[C@H](c1cccc(C2C=C3C(C(F)(F)F)=CC(CN4CCCC4)=CN3C2=O)c1)C1CCC1. The van der Waals surface area contributed by atoms with Crippen molar-refractivity contribution in [2.75, 3.05) is 26.7 Å². The fraction of sp³-hybridized carbons (Fsp3) is 0.464. The van der Waals surface area contributed by atoms with Crippen molar-refractivity contribution in [3.05, 3.63) is 76.8 Å². The maximum atomic E-state index is 14.1. The Hall–Kier alpha value is -3.07. The van der Waals surface area contributed by atoms with Crippen LogP contribution in [-0.4, -0.2) is 59.5 Å². The number of azo groups is 1. The van der Waals surface area contributed by atoms with Crippen LogP contribution in [0.15, 0.2) is 69.7 Å². The van der Waals surface area contributed by atoms with Crippen LogP contribution in [0.2, 0.25) is 0 Å². The molecule has 4 heterocycles. The van der Waals surface area contributed by atoms with E-state index < -0.39 is 17.7 Å². The summed E-state index contributed by atoms with van der Waals surface area (Å²) in [5.74, 6) is -0.659. The van der Waals surface area contributed by atoms with Crippen molar-refractivity contribution in [2.45, 2.75) is 50.1 Å². The lowest BCUT2D eigenvalue weighted by molar-refractivity contribution is -0.480. The zero-order valence-corrected chi connectivity index (χ0v) is 20.8. The Balaban J connectivity index is 1.33. The molecule has 6 nitrogen and oxygen atoms in total. The molecule has 4 aliphatic heterocycles. The molecule has 9 heteroatoms. The number of halogens is 3. The van der Waals surface area contributed by atoms with Crippen LogP contribution in [-0.2, 0) is 4.79 Å². The van der Waals surface area contributed by atoms with Gasteiger partial charge in [0.25, 0.3) is 0 Å². The first kappa shape index (κ1) is 24.3. The predicted octanol–water partition coefficient (Wildman–Crippen LogP) is 5.49. The zero-order chi connectivity index (χ0) is 25.7. The number of likely N-dealkylation sites (tertiary alicyclic amines) is 1. The van der Waals surface area contributed by atoms with Crippen LogP contribution < -0.4 is 0 Å². The maximum Gasteiger partial charge on any atom is 0.418 e. The molecule has 1 aromatic rings. The minimum absolute atomic E-state index is 0.0329. The van der Waals surface area contributed by atoms with E-state index >= 15 is 0 Å². The highest BCUT2D eigenvalue weighted by atomic mass is 19.4. The molecule has 1 aliphatic carbocycles. The van der Waals surface area contributed by atoms with Gasteiger partial charge in [-0.3, -0.25) is 14.6 Å². The van der Waals surface area contributed by atoms with E-state index in [-0.39, 0.29) is 17.5 Å². The van der Waals surface area contributed by atoms with Crippen LogP contribution in [0, 0.1) is 12.1 Å². The van der Waals surface area contributed by atoms with E-state index in [4.69, 9.17) is 0 Å². The smallest absolute Gasteiger partial charge is 0.299 e. The molecule has 0 bridgehead atoms. The molecule has 2 fully saturated rings. The second-order valence-electron chi connectivity index (χ2n) is 10.6. The standard InChI is InChI=1S/C28H30F3N5O/c1-34-17-32-33-26(34)25(19-6-4-7-19)21-9-5-8-20(13-21)22-14-24-23(28(29,30)31)12-18(16-36(24)27(22)37)15-35-10-2-3-11-35/h5,8-9,12-14,16-17,19,22,25H,2-4,6-7,10-11,15H2,1H3/q+1/t22?,25-/m0/s1. The Morgan fingerprint density at radius 1 is 1.16 bits per heavy atom. The third kappa shape index (κ3) is 4.47. The van der Waals surface area contributed by atoms with Gasteiger partial charge in [-0.2, -0.15) is 13.2 Å². The van der Waals surface area contributed by atoms with Gasteiger partial charge in [-0.15, -0.1) is 0 Å². The summed E-state index contributed by atoms with van der Waals surface area (Å²) in [4.78, 5) is 16.9. The number of allylic oxidation sites excluding steroid dienone is 1. The third-order valence-electron chi connectivity index (χ3n) is 8.17. The van der Waals surface area contributed by atoms with Crippen LogP contribution in [0.1, 0.15) is 55.1 Å². The van der Waals surface area contributed by atoms with Crippen molar-refractivity contribution in [3.8, 4) is 0 Å². The van der Waals surface area contributed by atoms with Crippen LogP contribution in [0.4, 0.5) is 13.2 Å². The number of amides is 1. The second kappa shape index (κ2) is 9.35. The van der Waals surface area contributed by atoms with Crippen molar-refractivity contribution >= 4 is 12.2 Å². The van der Waals surface area contributed by atoms with Crippen LogP contribution in [0.25, 0.3) is 0 Å². The van der Waals surface area contributed by atoms with E-state index in [1.165, 1.54) is 23.5 Å². The van der Waals surface area contributed by atoms with Gasteiger partial charge in [0, 0.05) is 12.7 Å². The van der Waals surface area contributed by atoms with E-state index in [9.17, 15) is 18.0 Å². The molecule has 1 amide bonds. The summed E-state index contributed by atoms with van der Waals surface area (Å²) in [5, 5.41) is 8.43. The van der Waals surface area contributed by atoms with Crippen LogP contribution in [0.3, 0.4) is 0 Å². The number of benzene rings is 1. The first-order valence-corrected chi connectivity index (χ1v) is 13.0. The normalized spacial score (nSPS) is 25.6. The molecule has 6 rings (SSSR count). The van der Waals surface area contributed by atoms with Crippen molar-refractivity contribution < 1.29 is 22.5 Å². The molecule has 1 unspecified atom stereocenters. The van der Waals surface area contributed by atoms with Crippen molar-refractivity contribution in [2.24, 2.45) is 16.1 Å². The number of hydrogen-bond donors (Lipinski definition) is 0. The largest absolute Gasteiger partial charge is 0.418 e. The summed E-state index contributed by atoms with van der Waals surface area (Å²) in [6.07, 6.45) is 7.74. The number of fused-ring (bicyclic) bond motifs is 1. The van der Waals surface area contributed by atoms with Gasteiger partial charge in [-0.05, 0) is 78.7 Å². The molecule has 1 radical (unpaired) electrons. The summed E-state index contributed by atoms with van der Waals surface area (Å²) in [6.45, 7) is 2.15. The molecule has 0 aromatic heterocycles. The molecule has 37 heavy (non-hydrogen) atoms. The lowest BCUT2D eigenvalue weighted by Crippen LogP contribution is -2.32. The van der Waals surface area contributed by atoms with Gasteiger partial charge in [-0.25, -0.2) is 4.58 Å². The minimum Gasteiger partial charge on any atom is -0.299 e. The van der Waals surface area contributed by atoms with Crippen molar-refractivity contribution in [1.82, 2.24) is 9.80 Å². The van der Waals surface area contributed by atoms with Gasteiger partial charge in [0.05, 0.1) is 35.3 Å². The Kier molecular flexibility index (Phi) is 6.13. The number of nitrogens with zero attached hydrogens (tertiary/aromatic N) is 5. The monoisotopic (exact) mass is 509 g/mol. The molecule has 2 atom stereocenters. The first-order valence-electron chi connectivity index (χ1n) is 13.0. The van der Waals surface area contributed by atoms with Crippen LogP contribution in [0.5, 0.6) is 0 Å². The molecule has 193 valence electrons. The Morgan fingerprint density at radius 2 is 1.95 bits per heavy atom. The number of alkyl halides is 3. The molecular weight excluding hydrogens is 479 g/mol. The molecule has 1 saturated heterocycles. The number of likely N-dealkylation sites (N-methyl/N-ethyl adjacent to an activating group) is 1. The highest BCUT2D eigenvalue weighted by molar-refractivity contribution is 5.93. The average molecular weight is 510 g/mol. The number of rotatable bonds is 6. The van der Waals surface area contributed by atoms with E-state index in [1.54, 1.807) is 12.5 Å². The van der Waals surface area contributed by atoms with Gasteiger partial charge in [0.15, 0.2) is 0 Å². The summed E-state index contributed by atoms with van der Waals surface area (Å²) < 4.78 is 44.3. The Bertz CT molecular complexity index is 1250. The van der Waals surface area contributed by atoms with Gasteiger partial charge in [0.1, 0.15) is 0 Å². The highest BCUT2D eigenvalue weighted by Crippen LogP contribution is 2.47. The summed E-state index contributed by atoms with van der Waals surface area (Å²) in [7, 11) is 1.92. The molecular formula is C28H30F3N5O+. The van der Waals surface area contributed by atoms with E-state index in [2.05, 4.69) is 15.1 Å². The topological polar surface area (TPSA) is 51.3 Å². The lowest BCUT2D eigenvalue weighted by Gasteiger charge is -2.34. The van der Waals surface area contributed by atoms with Crippen molar-refractivity contribution in [1.29, 1.82) is 0 Å². The molecule has 5 aliphatic rings. The van der Waals surface area contributed by atoms with Gasteiger partial charge in [0.2, 0.25) is 5.91 Å². The zero-order valence-electron chi connectivity index (χ0n) is 20.8. The highest BCUT2D eigenvalue weighted by Gasteiger charge is 2.46. The van der Waals surface area contributed by atoms with Crippen molar-refractivity contribution in [3.63, 3.8) is 0 Å². The Labute approximate surface area is 214 Å². The lowest BCUT2D eigenvalue weighted by atomic mass is 9.71. The maximum absolute atomic E-state index is 14.1. The molecule has 1 aromatic carbocycles. The van der Waals surface area contributed by atoms with Gasteiger partial charge < -0.3 is 0 Å². The fourth-order valence-electron chi connectivity index (χ4n) is 6.07. The fourth-order valence-corrected chi connectivity index (χ4v) is 6.07. The van der Waals surface area contributed by atoms with E-state index in [1.807, 2.05) is 35.9 Å². The van der Waals surface area contributed by atoms with E-state index in [0.717, 1.165) is 50.5 Å². The summed E-state index contributed by atoms with van der Waals surface area (Å²) in [5.41, 5.74) is 1.42. The predicted molar refractivity (Wildman–Crippen MR) is 132 cm³/mol. The average Bonchev–Trinajstić information content (AvgIpc) is 3.57. The second-order valence-corrected chi connectivity index (χ2v) is 10.6. The molecule has 1 saturated carbocycles. The first-order chi connectivity index (χ1) is 17.8. The summed E-state index contributed by atoms with van der Waals surface area (Å²) >= 11 is 0. The number of carbonyl (C=O) groups excluding carboxylic acids is 1. The Morgan fingerprint density at radius 3 is 2.59 bits per heavy atom. The minimum atomic E-state index is -4.55. The third-order valence-corrected chi connectivity index (χ3v) is 8.17. The number of carbonyl (C=O) groups is 1. The quantitative estimate of drug-likeness (QED) is 0.477. The summed E-state index contributed by atoms with van der Waals surface area (Å²) in [6, 6.07) is 7.73. The van der Waals surface area contributed by atoms with E-state index in [0.29, 0.717) is 23.6 Å². The van der Waals surface area contributed by atoms with Crippen LogP contribution >= 0.6 is 0 Å².